The van der Waals surface area contributed by atoms with Crippen LogP contribution in [-0.4, -0.2) is 36.0 Å². The molecular formula is C20H22F2N2O3S. The number of carbonyl (C=O) groups excluding carboxylic acids is 2. The molecule has 0 saturated carbocycles. The molecule has 1 N–H and O–H groups in total. The highest BCUT2D eigenvalue weighted by molar-refractivity contribution is 7.17. The number of anilines is 1. The number of rotatable bonds is 5. The van der Waals surface area contributed by atoms with Gasteiger partial charge in [-0.15, -0.1) is 11.3 Å². The van der Waals surface area contributed by atoms with Gasteiger partial charge < -0.3 is 10.1 Å². The van der Waals surface area contributed by atoms with Gasteiger partial charge in [0.25, 0.3) is 5.91 Å². The molecule has 0 unspecified atom stereocenters. The molecule has 1 aliphatic rings. The molecule has 150 valence electrons. The molecular weight excluding hydrogens is 386 g/mol. The van der Waals surface area contributed by atoms with Gasteiger partial charge in [0.05, 0.1) is 12.2 Å². The summed E-state index contributed by atoms with van der Waals surface area (Å²) in [5.41, 5.74) is 1.23. The Hall–Kier alpha value is -2.32. The van der Waals surface area contributed by atoms with Gasteiger partial charge in [-0.3, -0.25) is 9.69 Å². The zero-order chi connectivity index (χ0) is 20.4. The summed E-state index contributed by atoms with van der Waals surface area (Å²) >= 11 is 1.33. The molecule has 0 saturated heterocycles. The van der Waals surface area contributed by atoms with Crippen LogP contribution >= 0.6 is 11.3 Å². The quantitative estimate of drug-likeness (QED) is 0.753. The van der Waals surface area contributed by atoms with Crippen LogP contribution in [0.4, 0.5) is 13.8 Å². The fraction of sp³-hybridized carbons (Fsp3) is 0.400. The molecule has 5 nitrogen and oxygen atoms in total. The van der Waals surface area contributed by atoms with E-state index < -0.39 is 23.5 Å². The molecule has 0 fully saturated rings. The van der Waals surface area contributed by atoms with Crippen molar-refractivity contribution in [1.29, 1.82) is 0 Å². The summed E-state index contributed by atoms with van der Waals surface area (Å²) in [6, 6.07) is 3.30. The van der Waals surface area contributed by atoms with E-state index in [0.29, 0.717) is 29.6 Å². The van der Waals surface area contributed by atoms with Crippen LogP contribution < -0.4 is 5.32 Å². The third-order valence-electron chi connectivity index (χ3n) is 4.71. The number of benzene rings is 1. The lowest BCUT2D eigenvalue weighted by Gasteiger charge is -2.30. The second-order valence-electron chi connectivity index (χ2n) is 6.83. The number of nitrogens with one attached hydrogen (secondary N) is 1. The number of halogens is 2. The monoisotopic (exact) mass is 408 g/mol. The second kappa shape index (κ2) is 8.36. The molecule has 3 rings (SSSR count). The number of carbonyl (C=O) groups is 2. The molecule has 0 atom stereocenters. The van der Waals surface area contributed by atoms with Crippen LogP contribution in [0.5, 0.6) is 0 Å². The third kappa shape index (κ3) is 4.07. The minimum absolute atomic E-state index is 0.0242. The Morgan fingerprint density at radius 2 is 2.04 bits per heavy atom. The van der Waals surface area contributed by atoms with Gasteiger partial charge in [-0.25, -0.2) is 13.6 Å². The highest BCUT2D eigenvalue weighted by Gasteiger charge is 2.30. The van der Waals surface area contributed by atoms with Gasteiger partial charge in [0.2, 0.25) is 0 Å². The van der Waals surface area contributed by atoms with Crippen molar-refractivity contribution in [3.63, 3.8) is 0 Å². The van der Waals surface area contributed by atoms with E-state index in [1.165, 1.54) is 17.4 Å². The summed E-state index contributed by atoms with van der Waals surface area (Å²) in [4.78, 5) is 28.4. The van der Waals surface area contributed by atoms with Crippen LogP contribution in [0.1, 0.15) is 51.9 Å². The van der Waals surface area contributed by atoms with E-state index in [1.807, 2.05) is 0 Å². The summed E-state index contributed by atoms with van der Waals surface area (Å²) in [7, 11) is 0. The Morgan fingerprint density at radius 1 is 1.29 bits per heavy atom. The minimum atomic E-state index is -1.10. The van der Waals surface area contributed by atoms with Gasteiger partial charge in [0.1, 0.15) is 5.00 Å². The van der Waals surface area contributed by atoms with Crippen LogP contribution in [0.15, 0.2) is 18.2 Å². The molecule has 1 amide bonds. The van der Waals surface area contributed by atoms with Crippen molar-refractivity contribution in [3.8, 4) is 0 Å². The highest BCUT2D eigenvalue weighted by atomic mass is 32.1. The third-order valence-corrected chi connectivity index (χ3v) is 5.84. The van der Waals surface area contributed by atoms with Crippen LogP contribution in [-0.2, 0) is 17.7 Å². The number of amides is 1. The molecule has 1 aliphatic heterocycles. The van der Waals surface area contributed by atoms with E-state index in [9.17, 15) is 18.4 Å². The highest BCUT2D eigenvalue weighted by Crippen LogP contribution is 2.38. The first-order valence-corrected chi connectivity index (χ1v) is 9.95. The van der Waals surface area contributed by atoms with Gasteiger partial charge in [0, 0.05) is 29.6 Å². The van der Waals surface area contributed by atoms with Crippen molar-refractivity contribution in [2.24, 2.45) is 0 Å². The fourth-order valence-corrected chi connectivity index (χ4v) is 4.44. The average molecular weight is 408 g/mol. The molecule has 1 aromatic carbocycles. The maximum Gasteiger partial charge on any atom is 0.341 e. The van der Waals surface area contributed by atoms with E-state index in [2.05, 4.69) is 24.1 Å². The van der Waals surface area contributed by atoms with Crippen molar-refractivity contribution in [3.05, 3.63) is 51.4 Å². The number of esters is 1. The van der Waals surface area contributed by atoms with Crippen LogP contribution in [0, 0.1) is 11.6 Å². The van der Waals surface area contributed by atoms with Crippen molar-refractivity contribution in [2.75, 3.05) is 18.5 Å². The summed E-state index contributed by atoms with van der Waals surface area (Å²) in [5.74, 6) is -3.22. The largest absolute Gasteiger partial charge is 0.462 e. The first-order valence-electron chi connectivity index (χ1n) is 9.13. The predicted octanol–water partition coefficient (Wildman–Crippen LogP) is 4.22. The summed E-state index contributed by atoms with van der Waals surface area (Å²) in [6.07, 6.45) is 0.680. The number of hydrogen-bond acceptors (Lipinski definition) is 5. The van der Waals surface area contributed by atoms with Crippen molar-refractivity contribution in [1.82, 2.24) is 4.90 Å². The number of ether oxygens (including phenoxy) is 1. The zero-order valence-electron chi connectivity index (χ0n) is 16.0. The lowest BCUT2D eigenvalue weighted by molar-refractivity contribution is 0.0526. The van der Waals surface area contributed by atoms with E-state index in [1.54, 1.807) is 6.92 Å². The maximum absolute atomic E-state index is 13.5. The first kappa shape index (κ1) is 20.4. The Morgan fingerprint density at radius 3 is 2.68 bits per heavy atom. The maximum atomic E-state index is 13.5. The number of hydrogen-bond donors (Lipinski definition) is 1. The van der Waals surface area contributed by atoms with Gasteiger partial charge in [-0.2, -0.15) is 0 Å². The van der Waals surface area contributed by atoms with Crippen LogP contribution in [0.2, 0.25) is 0 Å². The zero-order valence-corrected chi connectivity index (χ0v) is 16.8. The Balaban J connectivity index is 1.94. The van der Waals surface area contributed by atoms with Crippen molar-refractivity contribution in [2.45, 2.75) is 39.8 Å². The SMILES string of the molecule is CCOC(=O)c1c(NC(=O)c2ccc(F)c(F)c2)sc2c1CCN(C(C)C)C2. The molecule has 8 heteroatoms. The van der Waals surface area contributed by atoms with Crippen molar-refractivity contribution < 1.29 is 23.1 Å². The average Bonchev–Trinajstić information content (AvgIpc) is 3.00. The van der Waals surface area contributed by atoms with E-state index in [-0.39, 0.29) is 12.2 Å². The van der Waals surface area contributed by atoms with E-state index >= 15 is 0 Å². The van der Waals surface area contributed by atoms with Gasteiger partial charge in [-0.05, 0) is 51.0 Å². The Labute approximate surface area is 166 Å². The summed E-state index contributed by atoms with van der Waals surface area (Å²) in [6.45, 7) is 7.65. The molecule has 0 bridgehead atoms. The molecule has 0 spiro atoms. The topological polar surface area (TPSA) is 58.6 Å². The van der Waals surface area contributed by atoms with E-state index in [0.717, 1.165) is 29.1 Å². The lowest BCUT2D eigenvalue weighted by atomic mass is 10.0. The first-order chi connectivity index (χ1) is 13.3. The Bertz CT molecular complexity index is 911. The standard InChI is InChI=1S/C20H22F2N2O3S/c1-4-27-20(26)17-13-7-8-24(11(2)3)10-16(13)28-19(17)23-18(25)12-5-6-14(21)15(22)9-12/h5-6,9,11H,4,7-8,10H2,1-3H3,(H,23,25). The summed E-state index contributed by atoms with van der Waals surface area (Å²) < 4.78 is 31.8. The summed E-state index contributed by atoms with van der Waals surface area (Å²) in [5, 5.41) is 3.06. The second-order valence-corrected chi connectivity index (χ2v) is 7.93. The normalized spacial score (nSPS) is 14.1. The number of fused-ring (bicyclic) bond motifs is 1. The molecule has 28 heavy (non-hydrogen) atoms. The van der Waals surface area contributed by atoms with Crippen LogP contribution in [0.25, 0.3) is 0 Å². The molecule has 2 heterocycles. The van der Waals surface area contributed by atoms with Gasteiger partial charge in [-0.1, -0.05) is 0 Å². The Kier molecular flexibility index (Phi) is 6.10. The van der Waals surface area contributed by atoms with Crippen molar-refractivity contribution >= 4 is 28.2 Å². The predicted molar refractivity (Wildman–Crippen MR) is 104 cm³/mol. The minimum Gasteiger partial charge on any atom is -0.462 e. The molecule has 1 aromatic heterocycles. The van der Waals surface area contributed by atoms with Gasteiger partial charge >= 0.3 is 5.97 Å². The number of thiophene rings is 1. The van der Waals surface area contributed by atoms with E-state index in [4.69, 9.17) is 4.74 Å². The van der Waals surface area contributed by atoms with Crippen LogP contribution in [0.3, 0.4) is 0 Å². The number of nitrogens with zero attached hydrogens (tertiary/aromatic N) is 1. The smallest absolute Gasteiger partial charge is 0.341 e. The van der Waals surface area contributed by atoms with Gasteiger partial charge in [0.15, 0.2) is 11.6 Å². The molecule has 0 radical (unpaired) electrons. The molecule has 0 aliphatic carbocycles. The molecule has 2 aromatic rings. The lowest BCUT2D eigenvalue weighted by Crippen LogP contribution is -2.35. The fourth-order valence-electron chi connectivity index (χ4n) is 3.18.